The van der Waals surface area contributed by atoms with Crippen LogP contribution in [0.4, 0.5) is 5.69 Å². The van der Waals surface area contributed by atoms with Gasteiger partial charge in [0.2, 0.25) is 0 Å². The Morgan fingerprint density at radius 3 is 2.57 bits per heavy atom. The third-order valence-electron chi connectivity index (χ3n) is 1.86. The van der Waals surface area contributed by atoms with Crippen LogP contribution in [0.25, 0.3) is 0 Å². The summed E-state index contributed by atoms with van der Waals surface area (Å²) in [5.74, 6) is -0.316. The lowest BCUT2D eigenvalue weighted by atomic mass is 10.3. The largest absolute Gasteiger partial charge is 0.455 e. The molecule has 0 aromatic heterocycles. The van der Waals surface area contributed by atoms with Gasteiger partial charge < -0.3 is 10.1 Å². The van der Waals surface area contributed by atoms with Crippen molar-refractivity contribution in [3.63, 3.8) is 0 Å². The third kappa shape index (κ3) is 1.80. The number of carbonyl (C=O) groups excluding carboxylic acids is 1. The zero-order chi connectivity index (χ0) is 9.97. The number of esters is 1. The number of nitrogens with one attached hydrogen (secondary N) is 1. The number of cyclic esters (lactones) is 1. The van der Waals surface area contributed by atoms with Crippen molar-refractivity contribution in [2.24, 2.45) is 0 Å². The van der Waals surface area contributed by atoms with Crippen LogP contribution in [0.3, 0.4) is 0 Å². The number of anilines is 1. The Morgan fingerprint density at radius 1 is 1.29 bits per heavy atom. The van der Waals surface area contributed by atoms with Gasteiger partial charge in [-0.25, -0.2) is 4.79 Å². The van der Waals surface area contributed by atoms with Gasteiger partial charge in [0.05, 0.1) is 5.70 Å². The van der Waals surface area contributed by atoms with Gasteiger partial charge in [0.25, 0.3) is 0 Å². The van der Waals surface area contributed by atoms with E-state index in [9.17, 15) is 4.79 Å². The van der Waals surface area contributed by atoms with Crippen molar-refractivity contribution in [3.05, 3.63) is 40.5 Å². The molecule has 0 radical (unpaired) electrons. The average molecular weight is 254 g/mol. The van der Waals surface area contributed by atoms with Gasteiger partial charge in [-0.2, -0.15) is 0 Å². The zero-order valence-corrected chi connectivity index (χ0v) is 8.87. The van der Waals surface area contributed by atoms with E-state index in [1.54, 1.807) is 0 Å². The quantitative estimate of drug-likeness (QED) is 0.822. The first-order valence-corrected chi connectivity index (χ1v) is 4.94. The van der Waals surface area contributed by atoms with Crippen LogP contribution in [-0.2, 0) is 9.53 Å². The van der Waals surface area contributed by atoms with E-state index in [-0.39, 0.29) is 5.97 Å². The van der Waals surface area contributed by atoms with E-state index in [4.69, 9.17) is 4.74 Å². The molecule has 0 amide bonds. The fourth-order valence-electron chi connectivity index (χ4n) is 1.17. The summed E-state index contributed by atoms with van der Waals surface area (Å²) in [6.45, 7) is 0.300. The molecule has 1 aromatic rings. The summed E-state index contributed by atoms with van der Waals surface area (Å²) in [6, 6.07) is 9.64. The van der Waals surface area contributed by atoms with Crippen LogP contribution in [0.2, 0.25) is 0 Å². The fourth-order valence-corrected chi connectivity index (χ4v) is 1.50. The number of hydrogen-bond donors (Lipinski definition) is 1. The molecule has 14 heavy (non-hydrogen) atoms. The van der Waals surface area contributed by atoms with E-state index in [1.165, 1.54) is 0 Å². The van der Waals surface area contributed by atoms with Crippen LogP contribution in [0, 0.1) is 0 Å². The molecule has 0 aliphatic carbocycles. The highest BCUT2D eigenvalue weighted by Crippen LogP contribution is 2.22. The van der Waals surface area contributed by atoms with Gasteiger partial charge in [-0.05, 0) is 28.1 Å². The topological polar surface area (TPSA) is 38.3 Å². The molecule has 0 fully saturated rings. The number of benzene rings is 1. The van der Waals surface area contributed by atoms with Gasteiger partial charge in [0.1, 0.15) is 11.1 Å². The van der Waals surface area contributed by atoms with Crippen molar-refractivity contribution < 1.29 is 9.53 Å². The summed E-state index contributed by atoms with van der Waals surface area (Å²) in [5, 5.41) is 3.11. The summed E-state index contributed by atoms with van der Waals surface area (Å²) in [7, 11) is 0. The second-order valence-electron chi connectivity index (χ2n) is 2.86. The first-order valence-electron chi connectivity index (χ1n) is 4.15. The lowest BCUT2D eigenvalue weighted by Crippen LogP contribution is -2.01. The van der Waals surface area contributed by atoms with Gasteiger partial charge >= 0.3 is 5.97 Å². The van der Waals surface area contributed by atoms with Gasteiger partial charge in [0, 0.05) is 5.69 Å². The molecule has 1 aliphatic heterocycles. The molecule has 3 nitrogen and oxygen atoms in total. The molecule has 1 aliphatic rings. The minimum atomic E-state index is -0.316. The second kappa shape index (κ2) is 3.84. The number of para-hydroxylation sites is 1. The molecular formula is C10H8BrNO2. The molecule has 72 valence electrons. The molecule has 2 rings (SSSR count). The van der Waals surface area contributed by atoms with E-state index < -0.39 is 0 Å². The molecular weight excluding hydrogens is 246 g/mol. The lowest BCUT2D eigenvalue weighted by molar-refractivity contribution is -0.135. The second-order valence-corrected chi connectivity index (χ2v) is 3.65. The van der Waals surface area contributed by atoms with Crippen LogP contribution in [0.5, 0.6) is 0 Å². The SMILES string of the molecule is O=C1OCC(Nc2ccccc2)=C1Br. The van der Waals surface area contributed by atoms with Gasteiger partial charge in [-0.3, -0.25) is 0 Å². The average Bonchev–Trinajstić information content (AvgIpc) is 2.52. The Hall–Kier alpha value is -1.29. The molecule has 0 atom stereocenters. The minimum absolute atomic E-state index is 0.300. The Labute approximate surface area is 89.9 Å². The molecule has 0 bridgehead atoms. The summed E-state index contributed by atoms with van der Waals surface area (Å²) < 4.78 is 5.30. The van der Waals surface area contributed by atoms with E-state index in [1.807, 2.05) is 30.3 Å². The zero-order valence-electron chi connectivity index (χ0n) is 7.29. The highest BCUT2D eigenvalue weighted by Gasteiger charge is 2.22. The standard InChI is InChI=1S/C10H8BrNO2/c11-9-8(6-14-10(9)13)12-7-4-2-1-3-5-7/h1-5,12H,6H2. The predicted octanol–water partition coefficient (Wildman–Crippen LogP) is 2.26. The Balaban J connectivity index is 2.17. The molecule has 0 unspecified atom stereocenters. The highest BCUT2D eigenvalue weighted by molar-refractivity contribution is 9.12. The Bertz CT molecular complexity index is 386. The van der Waals surface area contributed by atoms with Crippen molar-refractivity contribution in [2.75, 3.05) is 11.9 Å². The number of rotatable bonds is 2. The summed E-state index contributed by atoms with van der Waals surface area (Å²) in [6.07, 6.45) is 0. The summed E-state index contributed by atoms with van der Waals surface area (Å²) >= 11 is 3.17. The number of hydrogen-bond acceptors (Lipinski definition) is 3. The third-order valence-corrected chi connectivity index (χ3v) is 2.66. The predicted molar refractivity (Wildman–Crippen MR) is 57.0 cm³/mol. The van der Waals surface area contributed by atoms with Crippen LogP contribution in [0.15, 0.2) is 40.5 Å². The van der Waals surface area contributed by atoms with Gasteiger partial charge in [-0.15, -0.1) is 0 Å². The maximum absolute atomic E-state index is 11.0. The molecule has 0 saturated carbocycles. The Kier molecular flexibility index (Phi) is 2.54. The number of carbonyl (C=O) groups is 1. The van der Waals surface area contributed by atoms with E-state index >= 15 is 0 Å². The fraction of sp³-hybridized carbons (Fsp3) is 0.100. The summed E-state index contributed by atoms with van der Waals surface area (Å²) in [4.78, 5) is 11.0. The first kappa shape index (κ1) is 9.27. The molecule has 0 saturated heterocycles. The van der Waals surface area contributed by atoms with Crippen LogP contribution in [0.1, 0.15) is 0 Å². The smallest absolute Gasteiger partial charge is 0.347 e. The van der Waals surface area contributed by atoms with Crippen molar-refractivity contribution >= 4 is 27.6 Å². The maximum Gasteiger partial charge on any atom is 0.347 e. The molecule has 1 N–H and O–H groups in total. The van der Waals surface area contributed by atoms with Crippen LogP contribution < -0.4 is 5.32 Å². The number of halogens is 1. The van der Waals surface area contributed by atoms with E-state index in [0.717, 1.165) is 11.4 Å². The first-order chi connectivity index (χ1) is 6.77. The van der Waals surface area contributed by atoms with Crippen molar-refractivity contribution in [3.8, 4) is 0 Å². The van der Waals surface area contributed by atoms with Crippen molar-refractivity contribution in [2.45, 2.75) is 0 Å². The maximum atomic E-state index is 11.0. The van der Waals surface area contributed by atoms with Crippen LogP contribution in [-0.4, -0.2) is 12.6 Å². The molecule has 4 heteroatoms. The lowest BCUT2D eigenvalue weighted by Gasteiger charge is -2.04. The Morgan fingerprint density at radius 2 is 2.00 bits per heavy atom. The van der Waals surface area contributed by atoms with E-state index in [2.05, 4.69) is 21.2 Å². The molecule has 1 aromatic carbocycles. The minimum Gasteiger partial charge on any atom is -0.455 e. The van der Waals surface area contributed by atoms with Gasteiger partial charge in [-0.1, -0.05) is 18.2 Å². The number of ether oxygens (including phenoxy) is 1. The van der Waals surface area contributed by atoms with Crippen LogP contribution >= 0.6 is 15.9 Å². The molecule has 0 spiro atoms. The van der Waals surface area contributed by atoms with Crippen molar-refractivity contribution in [1.82, 2.24) is 0 Å². The normalized spacial score (nSPS) is 15.6. The molecule has 1 heterocycles. The monoisotopic (exact) mass is 253 g/mol. The summed E-state index contributed by atoms with van der Waals surface area (Å²) in [5.41, 5.74) is 1.71. The highest BCUT2D eigenvalue weighted by atomic mass is 79.9. The van der Waals surface area contributed by atoms with Crippen molar-refractivity contribution in [1.29, 1.82) is 0 Å². The van der Waals surface area contributed by atoms with Gasteiger partial charge in [0.15, 0.2) is 0 Å². The van der Waals surface area contributed by atoms with E-state index in [0.29, 0.717) is 11.1 Å².